The van der Waals surface area contributed by atoms with Crippen molar-refractivity contribution in [2.75, 3.05) is 6.61 Å². The minimum atomic E-state index is -0.156. The Morgan fingerprint density at radius 3 is 2.85 bits per heavy atom. The molecule has 0 aliphatic heterocycles. The lowest BCUT2D eigenvalue weighted by atomic mass is 10.1. The van der Waals surface area contributed by atoms with Crippen LogP contribution in [0.2, 0.25) is 0 Å². The maximum atomic E-state index is 11.1. The second-order valence-electron chi connectivity index (χ2n) is 2.90. The van der Waals surface area contributed by atoms with Crippen molar-refractivity contribution < 1.29 is 9.90 Å². The largest absolute Gasteiger partial charge is 0.396 e. The molecular weight excluding hydrogens is 166 g/mol. The molecule has 0 aromatic carbocycles. The molecule has 0 spiro atoms. The molecule has 0 fully saturated rings. The molecule has 1 unspecified atom stereocenters. The molecule has 0 aromatic rings. The summed E-state index contributed by atoms with van der Waals surface area (Å²) < 4.78 is 0. The van der Waals surface area contributed by atoms with Gasteiger partial charge in [0.2, 0.25) is 5.91 Å². The van der Waals surface area contributed by atoms with Gasteiger partial charge in [0.1, 0.15) is 0 Å². The molecule has 3 heteroatoms. The van der Waals surface area contributed by atoms with Gasteiger partial charge >= 0.3 is 0 Å². The lowest BCUT2D eigenvalue weighted by Crippen LogP contribution is -2.33. The second kappa shape index (κ2) is 7.63. The van der Waals surface area contributed by atoms with Crippen LogP contribution < -0.4 is 5.32 Å². The van der Waals surface area contributed by atoms with Gasteiger partial charge in [-0.3, -0.25) is 4.79 Å². The predicted molar refractivity (Wildman–Crippen MR) is 52.0 cm³/mol. The first-order valence-electron chi connectivity index (χ1n) is 4.61. The SMILES string of the molecule is C#CC(CCC)NC(=O)CCCO. The fourth-order valence-electron chi connectivity index (χ4n) is 0.992. The van der Waals surface area contributed by atoms with E-state index in [0.29, 0.717) is 12.8 Å². The van der Waals surface area contributed by atoms with Crippen molar-refractivity contribution in [2.24, 2.45) is 0 Å². The summed E-state index contributed by atoms with van der Waals surface area (Å²) in [5.74, 6) is 2.44. The van der Waals surface area contributed by atoms with E-state index in [1.807, 2.05) is 6.92 Å². The van der Waals surface area contributed by atoms with Gasteiger partial charge in [-0.25, -0.2) is 0 Å². The zero-order chi connectivity index (χ0) is 10.1. The topological polar surface area (TPSA) is 49.3 Å². The summed E-state index contributed by atoms with van der Waals surface area (Å²) in [6, 6.07) is -0.156. The van der Waals surface area contributed by atoms with E-state index in [1.54, 1.807) is 0 Å². The Bertz CT molecular complexity index is 184. The Labute approximate surface area is 79.5 Å². The first-order chi connectivity index (χ1) is 6.24. The normalized spacial score (nSPS) is 11.8. The van der Waals surface area contributed by atoms with E-state index in [-0.39, 0.29) is 18.6 Å². The summed E-state index contributed by atoms with van der Waals surface area (Å²) in [5, 5.41) is 11.2. The zero-order valence-corrected chi connectivity index (χ0v) is 8.05. The zero-order valence-electron chi connectivity index (χ0n) is 8.05. The molecule has 3 nitrogen and oxygen atoms in total. The number of terminal acetylenes is 1. The van der Waals surface area contributed by atoms with Crippen LogP contribution >= 0.6 is 0 Å². The Morgan fingerprint density at radius 1 is 1.69 bits per heavy atom. The van der Waals surface area contributed by atoms with Crippen LogP contribution in [0.1, 0.15) is 32.6 Å². The molecule has 74 valence electrons. The molecule has 0 rings (SSSR count). The minimum Gasteiger partial charge on any atom is -0.396 e. The average molecular weight is 183 g/mol. The summed E-state index contributed by atoms with van der Waals surface area (Å²) >= 11 is 0. The molecule has 1 atom stereocenters. The van der Waals surface area contributed by atoms with Crippen molar-refractivity contribution in [3.05, 3.63) is 0 Å². The second-order valence-corrected chi connectivity index (χ2v) is 2.90. The van der Waals surface area contributed by atoms with Crippen LogP contribution in [-0.2, 0) is 4.79 Å². The average Bonchev–Trinajstić information content (AvgIpc) is 2.14. The highest BCUT2D eigenvalue weighted by molar-refractivity contribution is 5.76. The first-order valence-corrected chi connectivity index (χ1v) is 4.61. The molecule has 0 aromatic heterocycles. The van der Waals surface area contributed by atoms with Crippen LogP contribution in [0.5, 0.6) is 0 Å². The van der Waals surface area contributed by atoms with E-state index in [0.717, 1.165) is 12.8 Å². The number of aliphatic hydroxyl groups is 1. The smallest absolute Gasteiger partial charge is 0.221 e. The third-order valence-electron chi connectivity index (χ3n) is 1.68. The molecule has 0 bridgehead atoms. The lowest BCUT2D eigenvalue weighted by molar-refractivity contribution is -0.121. The van der Waals surface area contributed by atoms with Crippen molar-refractivity contribution in [2.45, 2.75) is 38.6 Å². The van der Waals surface area contributed by atoms with Gasteiger partial charge in [0, 0.05) is 13.0 Å². The van der Waals surface area contributed by atoms with Crippen molar-refractivity contribution in [3.8, 4) is 12.3 Å². The van der Waals surface area contributed by atoms with E-state index in [2.05, 4.69) is 11.2 Å². The van der Waals surface area contributed by atoms with Gasteiger partial charge in [0.25, 0.3) is 0 Å². The first kappa shape index (κ1) is 12.0. The van der Waals surface area contributed by atoms with Gasteiger partial charge < -0.3 is 10.4 Å². The fourth-order valence-corrected chi connectivity index (χ4v) is 0.992. The number of hydrogen-bond acceptors (Lipinski definition) is 2. The molecule has 0 heterocycles. The molecule has 0 aliphatic carbocycles. The van der Waals surface area contributed by atoms with Crippen LogP contribution in [0.4, 0.5) is 0 Å². The summed E-state index contributed by atoms with van der Waals surface area (Å²) in [4.78, 5) is 11.1. The summed E-state index contributed by atoms with van der Waals surface area (Å²) in [5.41, 5.74) is 0. The number of amides is 1. The van der Waals surface area contributed by atoms with Gasteiger partial charge in [-0.15, -0.1) is 6.42 Å². The van der Waals surface area contributed by atoms with E-state index >= 15 is 0 Å². The van der Waals surface area contributed by atoms with Crippen molar-refractivity contribution in [1.82, 2.24) is 5.32 Å². The molecule has 13 heavy (non-hydrogen) atoms. The molecule has 0 saturated carbocycles. The van der Waals surface area contributed by atoms with Gasteiger partial charge in [0.05, 0.1) is 6.04 Å². The summed E-state index contributed by atoms with van der Waals surface area (Å²) in [6.45, 7) is 2.06. The number of rotatable bonds is 6. The Balaban J connectivity index is 3.68. The Kier molecular flexibility index (Phi) is 7.04. The third-order valence-corrected chi connectivity index (χ3v) is 1.68. The Hall–Kier alpha value is -1.01. The van der Waals surface area contributed by atoms with Crippen molar-refractivity contribution in [1.29, 1.82) is 0 Å². The number of carbonyl (C=O) groups excluding carboxylic acids is 1. The Morgan fingerprint density at radius 2 is 2.38 bits per heavy atom. The standard InChI is InChI=1S/C10H17NO2/c1-3-6-9(4-2)11-10(13)7-5-8-12/h2,9,12H,3,5-8H2,1H3,(H,11,13). The van der Waals surface area contributed by atoms with E-state index < -0.39 is 0 Å². The number of aliphatic hydroxyl groups excluding tert-OH is 1. The summed E-state index contributed by atoms with van der Waals surface area (Å²) in [6.07, 6.45) is 7.82. The highest BCUT2D eigenvalue weighted by Crippen LogP contribution is 1.96. The quantitative estimate of drug-likeness (QED) is 0.595. The highest BCUT2D eigenvalue weighted by atomic mass is 16.3. The third kappa shape index (κ3) is 6.18. The van der Waals surface area contributed by atoms with Gasteiger partial charge in [0.15, 0.2) is 0 Å². The van der Waals surface area contributed by atoms with E-state index in [4.69, 9.17) is 11.5 Å². The number of nitrogens with one attached hydrogen (secondary N) is 1. The number of carbonyl (C=O) groups is 1. The maximum Gasteiger partial charge on any atom is 0.221 e. The summed E-state index contributed by atoms with van der Waals surface area (Å²) in [7, 11) is 0. The predicted octanol–water partition coefficient (Wildman–Crippen LogP) is 0.677. The molecule has 0 saturated heterocycles. The van der Waals surface area contributed by atoms with E-state index in [1.165, 1.54) is 0 Å². The van der Waals surface area contributed by atoms with Crippen LogP contribution in [-0.4, -0.2) is 23.7 Å². The fraction of sp³-hybridized carbons (Fsp3) is 0.700. The van der Waals surface area contributed by atoms with Gasteiger partial charge in [-0.1, -0.05) is 19.3 Å². The monoisotopic (exact) mass is 183 g/mol. The van der Waals surface area contributed by atoms with Crippen LogP contribution in [0.25, 0.3) is 0 Å². The molecule has 2 N–H and O–H groups in total. The van der Waals surface area contributed by atoms with Gasteiger partial charge in [-0.2, -0.15) is 0 Å². The molecule has 0 radical (unpaired) electrons. The van der Waals surface area contributed by atoms with E-state index in [9.17, 15) is 4.79 Å². The minimum absolute atomic E-state index is 0.0436. The van der Waals surface area contributed by atoms with Crippen LogP contribution in [0, 0.1) is 12.3 Å². The van der Waals surface area contributed by atoms with Crippen molar-refractivity contribution >= 4 is 5.91 Å². The van der Waals surface area contributed by atoms with Crippen LogP contribution in [0.15, 0.2) is 0 Å². The molecule has 1 amide bonds. The number of hydrogen-bond donors (Lipinski definition) is 2. The highest BCUT2D eigenvalue weighted by Gasteiger charge is 2.07. The molecule has 0 aliphatic rings. The van der Waals surface area contributed by atoms with Crippen LogP contribution in [0.3, 0.4) is 0 Å². The lowest BCUT2D eigenvalue weighted by Gasteiger charge is -2.11. The van der Waals surface area contributed by atoms with Gasteiger partial charge in [-0.05, 0) is 12.8 Å². The molecular formula is C10H17NO2. The maximum absolute atomic E-state index is 11.1. The van der Waals surface area contributed by atoms with Crippen molar-refractivity contribution in [3.63, 3.8) is 0 Å².